The van der Waals surface area contributed by atoms with Gasteiger partial charge in [0.2, 0.25) is 0 Å². The Morgan fingerprint density at radius 3 is 2.24 bits per heavy atom. The molecule has 0 aliphatic rings. The highest BCUT2D eigenvalue weighted by molar-refractivity contribution is 7.90. The van der Waals surface area contributed by atoms with Crippen molar-refractivity contribution in [3.8, 4) is 5.75 Å². The zero-order valence-electron chi connectivity index (χ0n) is 14.6. The van der Waals surface area contributed by atoms with E-state index in [2.05, 4.69) is 14.6 Å². The van der Waals surface area contributed by atoms with Crippen LogP contribution in [-0.2, 0) is 10.0 Å². The number of nitrogens with zero attached hydrogens (tertiary/aromatic N) is 4. The highest BCUT2D eigenvalue weighted by atomic mass is 32.2. The first-order valence-corrected chi connectivity index (χ1v) is 9.46. The standard InChI is InChI=1S/C18H14N4O6S/c23-16-9-6-13(11-15(16)18(24)25)20-19-12-4-7-14(8-5-12)29(27,28)21-17-3-1-2-10-22(17)26/h1-11,23,26H,(H,24,25). The van der Waals surface area contributed by atoms with E-state index in [0.717, 1.165) is 6.07 Å². The van der Waals surface area contributed by atoms with Gasteiger partial charge in [0.15, 0.2) is 5.49 Å². The Bertz CT molecular complexity index is 1260. The predicted octanol–water partition coefficient (Wildman–Crippen LogP) is 2.83. The lowest BCUT2D eigenvalue weighted by Crippen LogP contribution is -2.19. The Hall–Kier alpha value is -3.99. The molecule has 148 valence electrons. The van der Waals surface area contributed by atoms with Gasteiger partial charge in [-0.3, -0.25) is 0 Å². The van der Waals surface area contributed by atoms with Crippen LogP contribution < -0.4 is 5.49 Å². The van der Waals surface area contributed by atoms with Crippen molar-refractivity contribution in [2.24, 2.45) is 14.6 Å². The molecule has 1 heterocycles. The van der Waals surface area contributed by atoms with Gasteiger partial charge in [-0.25, -0.2) is 4.79 Å². The molecule has 11 heteroatoms. The SMILES string of the molecule is O=C(O)c1cc(N=Nc2ccc(S(=O)(=O)N=c3ccccn3O)cc2)ccc1O. The Morgan fingerprint density at radius 2 is 1.59 bits per heavy atom. The number of rotatable bonds is 5. The van der Waals surface area contributed by atoms with E-state index in [1.54, 1.807) is 0 Å². The van der Waals surface area contributed by atoms with Crippen LogP contribution in [-0.4, -0.2) is 34.5 Å². The van der Waals surface area contributed by atoms with Crippen LogP contribution >= 0.6 is 0 Å². The molecule has 0 fully saturated rings. The van der Waals surface area contributed by atoms with Gasteiger partial charge in [0.1, 0.15) is 11.3 Å². The number of benzene rings is 2. The summed E-state index contributed by atoms with van der Waals surface area (Å²) in [5, 5.41) is 35.8. The summed E-state index contributed by atoms with van der Waals surface area (Å²) in [4.78, 5) is 10.9. The first-order valence-electron chi connectivity index (χ1n) is 8.02. The summed E-state index contributed by atoms with van der Waals surface area (Å²) in [6.07, 6.45) is 1.25. The molecule has 0 amide bonds. The summed E-state index contributed by atoms with van der Waals surface area (Å²) in [6, 6.07) is 13.4. The fourth-order valence-corrected chi connectivity index (χ4v) is 3.21. The Labute approximate surface area is 164 Å². The van der Waals surface area contributed by atoms with Crippen molar-refractivity contribution in [2.75, 3.05) is 0 Å². The molecule has 0 saturated carbocycles. The van der Waals surface area contributed by atoms with Crippen molar-refractivity contribution >= 4 is 27.4 Å². The summed E-state index contributed by atoms with van der Waals surface area (Å²) in [5.74, 6) is -1.70. The van der Waals surface area contributed by atoms with Crippen LogP contribution in [0.2, 0.25) is 0 Å². The summed E-state index contributed by atoms with van der Waals surface area (Å²) in [5.41, 5.74) is 0.0404. The summed E-state index contributed by atoms with van der Waals surface area (Å²) >= 11 is 0. The topological polar surface area (TPSA) is 154 Å². The van der Waals surface area contributed by atoms with Crippen molar-refractivity contribution in [3.05, 3.63) is 77.9 Å². The van der Waals surface area contributed by atoms with Gasteiger partial charge in [0.05, 0.1) is 16.3 Å². The number of hydrogen-bond acceptors (Lipinski definition) is 7. The maximum Gasteiger partial charge on any atom is 0.339 e. The Balaban J connectivity index is 1.85. The molecular formula is C18H14N4O6S. The Morgan fingerprint density at radius 1 is 0.931 bits per heavy atom. The van der Waals surface area contributed by atoms with E-state index in [4.69, 9.17) is 5.11 Å². The normalized spacial score (nSPS) is 12.3. The summed E-state index contributed by atoms with van der Waals surface area (Å²) in [7, 11) is -4.06. The van der Waals surface area contributed by atoms with E-state index in [9.17, 15) is 23.5 Å². The van der Waals surface area contributed by atoms with Gasteiger partial charge >= 0.3 is 5.97 Å². The highest BCUT2D eigenvalue weighted by Crippen LogP contribution is 2.25. The number of azo groups is 1. The number of carboxylic acid groups (broad SMARTS) is 1. The lowest BCUT2D eigenvalue weighted by Gasteiger charge is -2.01. The van der Waals surface area contributed by atoms with Crippen molar-refractivity contribution in [3.63, 3.8) is 0 Å². The number of pyridine rings is 1. The lowest BCUT2D eigenvalue weighted by atomic mass is 10.2. The smallest absolute Gasteiger partial charge is 0.339 e. The predicted molar refractivity (Wildman–Crippen MR) is 100 cm³/mol. The first kappa shape index (κ1) is 19.8. The monoisotopic (exact) mass is 414 g/mol. The molecular weight excluding hydrogens is 400 g/mol. The second kappa shape index (κ2) is 7.94. The second-order valence-corrected chi connectivity index (χ2v) is 7.27. The van der Waals surface area contributed by atoms with Crippen molar-refractivity contribution < 1.29 is 28.6 Å². The molecule has 0 atom stereocenters. The molecule has 3 aromatic rings. The first-order chi connectivity index (χ1) is 13.8. The van der Waals surface area contributed by atoms with Crippen molar-refractivity contribution in [1.82, 2.24) is 4.73 Å². The highest BCUT2D eigenvalue weighted by Gasteiger charge is 2.13. The van der Waals surface area contributed by atoms with E-state index >= 15 is 0 Å². The summed E-state index contributed by atoms with van der Waals surface area (Å²) in [6.45, 7) is 0. The molecule has 0 spiro atoms. The largest absolute Gasteiger partial charge is 0.507 e. The van der Waals surface area contributed by atoms with Crippen LogP contribution in [0, 0.1) is 0 Å². The molecule has 0 saturated heterocycles. The van der Waals surface area contributed by atoms with Gasteiger partial charge in [0.25, 0.3) is 10.0 Å². The fourth-order valence-electron chi connectivity index (χ4n) is 2.23. The van der Waals surface area contributed by atoms with Crippen LogP contribution in [0.15, 0.2) is 86.4 Å². The molecule has 0 aliphatic heterocycles. The molecule has 0 unspecified atom stereocenters. The average Bonchev–Trinajstić information content (AvgIpc) is 2.69. The molecule has 0 aliphatic carbocycles. The number of carbonyl (C=O) groups is 1. The minimum absolute atomic E-state index is 0.113. The third-order valence-corrected chi connectivity index (χ3v) is 4.95. The van der Waals surface area contributed by atoms with Gasteiger partial charge in [-0.15, -0.1) is 4.40 Å². The van der Waals surface area contributed by atoms with Gasteiger partial charge in [-0.1, -0.05) is 6.07 Å². The van der Waals surface area contributed by atoms with Gasteiger partial charge in [0, 0.05) is 6.20 Å². The number of aromatic hydroxyl groups is 1. The number of aromatic nitrogens is 1. The van der Waals surface area contributed by atoms with E-state index in [0.29, 0.717) is 10.4 Å². The molecule has 10 nitrogen and oxygen atoms in total. The second-order valence-electron chi connectivity index (χ2n) is 5.67. The third kappa shape index (κ3) is 4.65. The fraction of sp³-hybridized carbons (Fsp3) is 0. The van der Waals surface area contributed by atoms with Gasteiger partial charge < -0.3 is 15.4 Å². The maximum atomic E-state index is 12.4. The molecule has 1 aromatic heterocycles. The quantitative estimate of drug-likeness (QED) is 0.431. The minimum atomic E-state index is -4.06. The molecule has 3 rings (SSSR count). The van der Waals surface area contributed by atoms with Crippen LogP contribution in [0.4, 0.5) is 11.4 Å². The van der Waals surface area contributed by atoms with E-state index in [1.807, 2.05) is 0 Å². The average molecular weight is 414 g/mol. The molecule has 0 radical (unpaired) electrons. The van der Waals surface area contributed by atoms with Gasteiger partial charge in [-0.05, 0) is 54.6 Å². The zero-order valence-corrected chi connectivity index (χ0v) is 15.4. The minimum Gasteiger partial charge on any atom is -0.507 e. The van der Waals surface area contributed by atoms with Gasteiger partial charge in [-0.2, -0.15) is 23.4 Å². The lowest BCUT2D eigenvalue weighted by molar-refractivity contribution is 0.0693. The maximum absolute atomic E-state index is 12.4. The third-order valence-electron chi connectivity index (χ3n) is 3.66. The number of phenols is 1. The van der Waals surface area contributed by atoms with Crippen molar-refractivity contribution in [1.29, 1.82) is 0 Å². The van der Waals surface area contributed by atoms with Crippen LogP contribution in [0.1, 0.15) is 10.4 Å². The molecule has 3 N–H and O–H groups in total. The summed E-state index contributed by atoms with van der Waals surface area (Å²) < 4.78 is 28.9. The van der Waals surface area contributed by atoms with Crippen LogP contribution in [0.5, 0.6) is 5.75 Å². The van der Waals surface area contributed by atoms with Crippen LogP contribution in [0.25, 0.3) is 0 Å². The number of aromatic carboxylic acids is 1. The van der Waals surface area contributed by atoms with E-state index in [-0.39, 0.29) is 21.6 Å². The molecule has 0 bridgehead atoms. The van der Waals surface area contributed by atoms with E-state index < -0.39 is 21.7 Å². The number of sulfonamides is 1. The Kier molecular flexibility index (Phi) is 5.41. The van der Waals surface area contributed by atoms with Crippen molar-refractivity contribution in [2.45, 2.75) is 4.90 Å². The van der Waals surface area contributed by atoms with E-state index in [1.165, 1.54) is 60.8 Å². The number of carboxylic acids is 1. The van der Waals surface area contributed by atoms with Crippen LogP contribution in [0.3, 0.4) is 0 Å². The molecule has 29 heavy (non-hydrogen) atoms. The number of hydrogen-bond donors (Lipinski definition) is 3. The zero-order chi connectivity index (χ0) is 21.0. The molecule has 2 aromatic carbocycles.